The quantitative estimate of drug-likeness (QED) is 0.666. The number of benzene rings is 1. The van der Waals surface area contributed by atoms with E-state index >= 15 is 0 Å². The molecular weight excluding hydrogens is 336 g/mol. The Balaban J connectivity index is 1.96. The molecule has 3 rings (SSSR count). The van der Waals surface area contributed by atoms with Crippen LogP contribution in [-0.4, -0.2) is 42.3 Å². The number of aliphatic hydroxyl groups is 1. The zero-order chi connectivity index (χ0) is 16.9. The number of ether oxygens (including phenoxy) is 1. The van der Waals surface area contributed by atoms with E-state index in [0.717, 1.165) is 5.56 Å². The first-order chi connectivity index (χ1) is 10.6. The molecule has 0 spiro atoms. The lowest BCUT2D eigenvalue weighted by atomic mass is 9.63. The van der Waals surface area contributed by atoms with Crippen LogP contribution >= 0.6 is 11.6 Å². The van der Waals surface area contributed by atoms with E-state index in [9.17, 15) is 13.5 Å². The Labute approximate surface area is 142 Å². The second kappa shape index (κ2) is 5.73. The van der Waals surface area contributed by atoms with E-state index in [1.54, 1.807) is 13.8 Å². The van der Waals surface area contributed by atoms with Gasteiger partial charge in [-0.05, 0) is 38.2 Å². The van der Waals surface area contributed by atoms with Gasteiger partial charge in [-0.3, -0.25) is 0 Å². The van der Waals surface area contributed by atoms with Crippen molar-refractivity contribution >= 4 is 21.4 Å². The molecule has 2 unspecified atom stereocenters. The average molecular weight is 359 g/mol. The molecule has 1 aliphatic carbocycles. The van der Waals surface area contributed by atoms with E-state index in [1.165, 1.54) is 0 Å². The normalized spacial score (nSPS) is 36.6. The average Bonchev–Trinajstić information content (AvgIpc) is 2.69. The van der Waals surface area contributed by atoms with Gasteiger partial charge >= 0.3 is 0 Å². The van der Waals surface area contributed by atoms with Gasteiger partial charge in [0.2, 0.25) is 0 Å². The smallest absolute Gasteiger partial charge is 0.160 e. The Bertz CT molecular complexity index is 668. The monoisotopic (exact) mass is 358 g/mol. The van der Waals surface area contributed by atoms with Crippen molar-refractivity contribution in [3.8, 4) is 0 Å². The Morgan fingerprint density at radius 2 is 1.96 bits per heavy atom. The van der Waals surface area contributed by atoms with Crippen LogP contribution in [0.15, 0.2) is 30.3 Å². The first-order valence-corrected chi connectivity index (χ1v) is 10.2. The van der Waals surface area contributed by atoms with Gasteiger partial charge in [-0.1, -0.05) is 30.3 Å². The zero-order valence-electron chi connectivity index (χ0n) is 13.4. The lowest BCUT2D eigenvalue weighted by molar-refractivity contribution is -0.214. The first kappa shape index (κ1) is 17.2. The Morgan fingerprint density at radius 3 is 2.57 bits per heavy atom. The molecule has 1 N–H and O–H groups in total. The van der Waals surface area contributed by atoms with Crippen LogP contribution < -0.4 is 0 Å². The summed E-state index contributed by atoms with van der Waals surface area (Å²) in [4.78, 5) is 0. The molecule has 0 bridgehead atoms. The van der Waals surface area contributed by atoms with Crippen molar-refractivity contribution in [2.45, 2.75) is 49.4 Å². The Morgan fingerprint density at radius 1 is 1.30 bits per heavy atom. The minimum Gasteiger partial charge on any atom is -0.366 e. The number of alkyl halides is 1. The molecule has 4 atom stereocenters. The standard InChI is InChI=1S/C17H23ClO4S/c1-16(2,19)22-15-8-13-10-23(20,21)11-17(13,9-14(15)18)12-6-4-3-5-7-12/h3-7,13-15,19H,8-11H2,1-2H3/t13-,14?,15?,17+/m0/s1. The molecule has 1 aliphatic heterocycles. The highest BCUT2D eigenvalue weighted by molar-refractivity contribution is 7.91. The molecule has 0 aromatic heterocycles. The van der Waals surface area contributed by atoms with E-state index in [2.05, 4.69) is 0 Å². The van der Waals surface area contributed by atoms with Crippen LogP contribution in [0.4, 0.5) is 0 Å². The summed E-state index contributed by atoms with van der Waals surface area (Å²) >= 11 is 6.56. The van der Waals surface area contributed by atoms with Crippen molar-refractivity contribution in [3.05, 3.63) is 35.9 Å². The molecule has 6 heteroatoms. The number of hydrogen-bond donors (Lipinski definition) is 1. The number of sulfone groups is 1. The molecule has 2 fully saturated rings. The van der Waals surface area contributed by atoms with E-state index in [-0.39, 0.29) is 28.9 Å². The topological polar surface area (TPSA) is 63.6 Å². The van der Waals surface area contributed by atoms with Gasteiger partial charge in [0.15, 0.2) is 15.6 Å². The van der Waals surface area contributed by atoms with Gasteiger partial charge in [-0.25, -0.2) is 8.42 Å². The molecule has 1 saturated heterocycles. The predicted octanol–water partition coefficient (Wildman–Crippen LogP) is 2.48. The molecular formula is C17H23ClO4S. The number of halogens is 1. The lowest BCUT2D eigenvalue weighted by Crippen LogP contribution is -2.49. The SMILES string of the molecule is CC(C)(O)OC1C[C@H]2CS(=O)(=O)C[C@@]2(c2ccccc2)CC1Cl. The molecule has 0 radical (unpaired) electrons. The van der Waals surface area contributed by atoms with E-state index in [1.807, 2.05) is 30.3 Å². The highest BCUT2D eigenvalue weighted by atomic mass is 35.5. The predicted molar refractivity (Wildman–Crippen MR) is 90.3 cm³/mol. The van der Waals surface area contributed by atoms with Crippen LogP contribution in [0.25, 0.3) is 0 Å². The van der Waals surface area contributed by atoms with Crippen molar-refractivity contribution < 1.29 is 18.3 Å². The van der Waals surface area contributed by atoms with Crippen LogP contribution in [0.2, 0.25) is 0 Å². The summed E-state index contributed by atoms with van der Waals surface area (Å²) in [5, 5.41) is 9.59. The fourth-order valence-corrected chi connectivity index (χ4v) is 7.08. The van der Waals surface area contributed by atoms with Crippen LogP contribution in [0.3, 0.4) is 0 Å². The second-order valence-electron chi connectivity index (χ2n) is 7.33. The largest absolute Gasteiger partial charge is 0.366 e. The lowest BCUT2D eigenvalue weighted by Gasteiger charge is -2.45. The Hall–Kier alpha value is -0.620. The highest BCUT2D eigenvalue weighted by Gasteiger charge is 2.56. The third kappa shape index (κ3) is 3.43. The molecule has 1 aromatic rings. The first-order valence-electron chi connectivity index (χ1n) is 7.92. The summed E-state index contributed by atoms with van der Waals surface area (Å²) in [6.45, 7) is 3.14. The fraction of sp³-hybridized carbons (Fsp3) is 0.647. The summed E-state index contributed by atoms with van der Waals surface area (Å²) in [6, 6.07) is 9.80. The maximum atomic E-state index is 12.3. The fourth-order valence-electron chi connectivity index (χ4n) is 4.16. The van der Waals surface area contributed by atoms with Crippen molar-refractivity contribution in [2.24, 2.45) is 5.92 Å². The van der Waals surface area contributed by atoms with Crippen molar-refractivity contribution in [3.63, 3.8) is 0 Å². The number of fused-ring (bicyclic) bond motifs is 1. The van der Waals surface area contributed by atoms with E-state index in [0.29, 0.717) is 12.8 Å². The molecule has 1 heterocycles. The summed E-state index contributed by atoms with van der Waals surface area (Å²) in [5.74, 6) is -0.996. The van der Waals surface area contributed by atoms with Gasteiger partial charge in [-0.15, -0.1) is 11.6 Å². The van der Waals surface area contributed by atoms with Crippen molar-refractivity contribution in [1.29, 1.82) is 0 Å². The summed E-state index contributed by atoms with van der Waals surface area (Å²) < 4.78 is 30.4. The third-order valence-electron chi connectivity index (χ3n) is 4.98. The van der Waals surface area contributed by atoms with Crippen LogP contribution in [0, 0.1) is 5.92 Å². The Kier molecular flexibility index (Phi) is 4.28. The van der Waals surface area contributed by atoms with Crippen molar-refractivity contribution in [1.82, 2.24) is 0 Å². The van der Waals surface area contributed by atoms with E-state index in [4.69, 9.17) is 16.3 Å². The number of rotatable bonds is 3. The molecule has 2 aliphatic rings. The van der Waals surface area contributed by atoms with Crippen LogP contribution in [0.5, 0.6) is 0 Å². The van der Waals surface area contributed by atoms with Gasteiger partial charge in [-0.2, -0.15) is 0 Å². The van der Waals surface area contributed by atoms with Crippen LogP contribution in [-0.2, 0) is 20.0 Å². The second-order valence-corrected chi connectivity index (χ2v) is 10.0. The van der Waals surface area contributed by atoms with Crippen LogP contribution in [0.1, 0.15) is 32.3 Å². The molecule has 128 valence electrons. The van der Waals surface area contributed by atoms with Gasteiger partial charge in [0.1, 0.15) is 0 Å². The summed E-state index contributed by atoms with van der Waals surface area (Å²) in [6.07, 6.45) is 0.752. The molecule has 0 amide bonds. The third-order valence-corrected chi connectivity index (χ3v) is 7.28. The maximum Gasteiger partial charge on any atom is 0.160 e. The van der Waals surface area contributed by atoms with Gasteiger partial charge in [0.05, 0.1) is 23.0 Å². The molecule has 1 aromatic carbocycles. The maximum absolute atomic E-state index is 12.3. The zero-order valence-corrected chi connectivity index (χ0v) is 15.0. The summed E-state index contributed by atoms with van der Waals surface area (Å²) in [5.41, 5.74) is 0.602. The van der Waals surface area contributed by atoms with Gasteiger partial charge in [0, 0.05) is 5.41 Å². The van der Waals surface area contributed by atoms with Gasteiger partial charge < -0.3 is 9.84 Å². The summed E-state index contributed by atoms with van der Waals surface area (Å²) in [7, 11) is -3.10. The molecule has 23 heavy (non-hydrogen) atoms. The highest BCUT2D eigenvalue weighted by Crippen LogP contribution is 2.51. The van der Waals surface area contributed by atoms with E-state index < -0.39 is 21.0 Å². The minimum atomic E-state index is -3.10. The number of hydrogen-bond acceptors (Lipinski definition) is 4. The minimum absolute atomic E-state index is 0.0303. The van der Waals surface area contributed by atoms with Gasteiger partial charge in [0.25, 0.3) is 0 Å². The van der Waals surface area contributed by atoms with Crippen molar-refractivity contribution in [2.75, 3.05) is 11.5 Å². The molecule has 1 saturated carbocycles. The molecule has 4 nitrogen and oxygen atoms in total.